The van der Waals surface area contributed by atoms with Crippen LogP contribution in [0.2, 0.25) is 0 Å². The molecule has 182 valence electrons. The van der Waals surface area contributed by atoms with E-state index in [1.165, 1.54) is 12.1 Å². The fraction of sp³-hybridized carbons (Fsp3) is 0.310. The summed E-state index contributed by atoms with van der Waals surface area (Å²) in [5.41, 5.74) is 1.63. The van der Waals surface area contributed by atoms with Crippen LogP contribution >= 0.6 is 0 Å². The van der Waals surface area contributed by atoms with Gasteiger partial charge in [-0.2, -0.15) is 0 Å². The number of fused-ring (bicyclic) bond motifs is 1. The minimum absolute atomic E-state index is 0.0532. The fourth-order valence-corrected chi connectivity index (χ4v) is 4.50. The predicted octanol–water partition coefficient (Wildman–Crippen LogP) is 5.21. The lowest BCUT2D eigenvalue weighted by Gasteiger charge is -2.33. The van der Waals surface area contributed by atoms with Crippen molar-refractivity contribution in [2.24, 2.45) is 0 Å². The Morgan fingerprint density at radius 3 is 2.40 bits per heavy atom. The molecule has 1 heterocycles. The number of rotatable bonds is 4. The molecule has 0 bridgehead atoms. The number of amides is 2. The van der Waals surface area contributed by atoms with Gasteiger partial charge in [0, 0.05) is 19.6 Å². The van der Waals surface area contributed by atoms with Crippen molar-refractivity contribution in [3.8, 4) is 5.75 Å². The summed E-state index contributed by atoms with van der Waals surface area (Å²) < 4.78 is 20.8. The van der Waals surface area contributed by atoms with Gasteiger partial charge in [0.1, 0.15) is 18.2 Å². The van der Waals surface area contributed by atoms with E-state index in [-0.39, 0.29) is 30.0 Å². The molecule has 0 saturated heterocycles. The molecular weight excluding hydrogens is 443 g/mol. The topological polar surface area (TPSA) is 49.9 Å². The Morgan fingerprint density at radius 1 is 0.943 bits per heavy atom. The Balaban J connectivity index is 1.71. The minimum atomic E-state index is -0.531. The number of ether oxygens (including phenoxy) is 1. The number of para-hydroxylation sites is 1. The summed E-state index contributed by atoms with van der Waals surface area (Å²) in [7, 11) is 0. The number of carbonyl (C=O) groups excluding carboxylic acids is 2. The first-order valence-corrected chi connectivity index (χ1v) is 12.2. The van der Waals surface area contributed by atoms with E-state index in [1.807, 2.05) is 49.4 Å². The van der Waals surface area contributed by atoms with Gasteiger partial charge in [0.25, 0.3) is 11.8 Å². The zero-order chi connectivity index (χ0) is 24.6. The van der Waals surface area contributed by atoms with Gasteiger partial charge < -0.3 is 14.5 Å². The summed E-state index contributed by atoms with van der Waals surface area (Å²) in [4.78, 5) is 30.4. The monoisotopic (exact) mass is 474 g/mol. The van der Waals surface area contributed by atoms with E-state index in [9.17, 15) is 14.0 Å². The summed E-state index contributed by atoms with van der Waals surface area (Å²) >= 11 is 0. The molecule has 0 unspecified atom stereocenters. The first-order chi connectivity index (χ1) is 17.1. The number of benzene rings is 3. The van der Waals surface area contributed by atoms with Crippen molar-refractivity contribution in [3.63, 3.8) is 0 Å². The first-order valence-electron chi connectivity index (χ1n) is 12.2. The fourth-order valence-electron chi connectivity index (χ4n) is 4.50. The molecule has 1 aliphatic heterocycles. The van der Waals surface area contributed by atoms with Gasteiger partial charge in [0.15, 0.2) is 0 Å². The summed E-state index contributed by atoms with van der Waals surface area (Å²) in [5.74, 6) is -0.437. The average Bonchev–Trinajstić information content (AvgIpc) is 2.89. The number of halogens is 1. The van der Waals surface area contributed by atoms with Crippen molar-refractivity contribution in [3.05, 3.63) is 101 Å². The highest BCUT2D eigenvalue weighted by Crippen LogP contribution is 2.24. The van der Waals surface area contributed by atoms with Crippen LogP contribution in [0.3, 0.4) is 0 Å². The third kappa shape index (κ3) is 5.88. The Morgan fingerprint density at radius 2 is 1.63 bits per heavy atom. The van der Waals surface area contributed by atoms with Gasteiger partial charge in [-0.3, -0.25) is 9.59 Å². The smallest absolute Gasteiger partial charge is 0.257 e. The normalized spacial score (nSPS) is 17.1. The SMILES string of the molecule is CCN1CCCCN(C(=O)c2ccccc2F)[C@H](Cc2ccccc2)COc2ccccc2C1=O. The van der Waals surface area contributed by atoms with Crippen LogP contribution in [-0.2, 0) is 6.42 Å². The second kappa shape index (κ2) is 11.6. The maximum absolute atomic E-state index is 14.6. The first kappa shape index (κ1) is 24.5. The lowest BCUT2D eigenvalue weighted by atomic mass is 10.0. The van der Waals surface area contributed by atoms with Crippen LogP contribution < -0.4 is 4.74 Å². The molecule has 6 heteroatoms. The summed E-state index contributed by atoms with van der Waals surface area (Å²) in [6.07, 6.45) is 1.98. The zero-order valence-electron chi connectivity index (χ0n) is 20.0. The largest absolute Gasteiger partial charge is 0.491 e. The summed E-state index contributed by atoms with van der Waals surface area (Å²) in [6, 6.07) is 22.9. The van der Waals surface area contributed by atoms with Gasteiger partial charge in [-0.1, -0.05) is 54.6 Å². The Hall–Kier alpha value is -3.67. The lowest BCUT2D eigenvalue weighted by Crippen LogP contribution is -2.46. The van der Waals surface area contributed by atoms with Crippen LogP contribution in [0, 0.1) is 5.82 Å². The Kier molecular flexibility index (Phi) is 8.14. The van der Waals surface area contributed by atoms with E-state index in [2.05, 4.69) is 0 Å². The van der Waals surface area contributed by atoms with E-state index >= 15 is 0 Å². The Labute approximate surface area is 206 Å². The van der Waals surface area contributed by atoms with Crippen molar-refractivity contribution in [1.82, 2.24) is 9.80 Å². The van der Waals surface area contributed by atoms with Crippen LogP contribution in [0.4, 0.5) is 4.39 Å². The molecule has 5 nitrogen and oxygen atoms in total. The van der Waals surface area contributed by atoms with Crippen molar-refractivity contribution in [1.29, 1.82) is 0 Å². The average molecular weight is 475 g/mol. The van der Waals surface area contributed by atoms with Crippen LogP contribution in [0.1, 0.15) is 46.0 Å². The van der Waals surface area contributed by atoms with E-state index in [1.54, 1.807) is 34.1 Å². The highest BCUT2D eigenvalue weighted by Gasteiger charge is 2.29. The quantitative estimate of drug-likeness (QED) is 0.521. The second-order valence-electron chi connectivity index (χ2n) is 8.72. The standard InChI is InChI=1S/C29H31FN2O3/c1-2-31-18-10-11-19-32(29(34)24-14-6-8-16-26(24)30)23(20-22-12-4-3-5-13-22)21-35-27-17-9-7-15-25(27)28(31)33/h3-9,12-17,23H,2,10-11,18-21H2,1H3/t23-/m1/s1. The van der Waals surface area contributed by atoms with Gasteiger partial charge in [-0.15, -0.1) is 0 Å². The lowest BCUT2D eigenvalue weighted by molar-refractivity contribution is 0.0582. The highest BCUT2D eigenvalue weighted by molar-refractivity contribution is 5.97. The molecule has 3 aromatic carbocycles. The molecule has 0 spiro atoms. The highest BCUT2D eigenvalue weighted by atomic mass is 19.1. The number of carbonyl (C=O) groups is 2. The molecule has 1 aliphatic rings. The van der Waals surface area contributed by atoms with Crippen LogP contribution in [0.15, 0.2) is 78.9 Å². The summed E-state index contributed by atoms with van der Waals surface area (Å²) in [5, 5.41) is 0. The predicted molar refractivity (Wildman–Crippen MR) is 134 cm³/mol. The van der Waals surface area contributed by atoms with Crippen molar-refractivity contribution in [2.45, 2.75) is 32.2 Å². The minimum Gasteiger partial charge on any atom is -0.491 e. The molecule has 0 fully saturated rings. The molecule has 0 N–H and O–H groups in total. The second-order valence-corrected chi connectivity index (χ2v) is 8.72. The molecule has 0 saturated carbocycles. The van der Waals surface area contributed by atoms with Crippen LogP contribution in [-0.4, -0.2) is 53.9 Å². The molecule has 0 radical (unpaired) electrons. The molecular formula is C29H31FN2O3. The zero-order valence-corrected chi connectivity index (χ0v) is 20.0. The van der Waals surface area contributed by atoms with Crippen molar-refractivity contribution < 1.29 is 18.7 Å². The van der Waals surface area contributed by atoms with Gasteiger partial charge in [0.2, 0.25) is 0 Å². The molecule has 2 amide bonds. The molecule has 1 atom stereocenters. The van der Waals surface area contributed by atoms with Gasteiger partial charge >= 0.3 is 0 Å². The maximum atomic E-state index is 14.6. The Bertz CT molecular complexity index is 1150. The van der Waals surface area contributed by atoms with Gasteiger partial charge in [-0.05, 0) is 56.0 Å². The van der Waals surface area contributed by atoms with E-state index in [0.717, 1.165) is 12.0 Å². The van der Waals surface area contributed by atoms with E-state index in [4.69, 9.17) is 4.74 Å². The van der Waals surface area contributed by atoms with Crippen LogP contribution in [0.5, 0.6) is 5.75 Å². The third-order valence-electron chi connectivity index (χ3n) is 6.41. The molecule has 35 heavy (non-hydrogen) atoms. The van der Waals surface area contributed by atoms with Crippen molar-refractivity contribution in [2.75, 3.05) is 26.2 Å². The van der Waals surface area contributed by atoms with E-state index < -0.39 is 5.82 Å². The van der Waals surface area contributed by atoms with E-state index in [0.29, 0.717) is 43.8 Å². The number of hydrogen-bond acceptors (Lipinski definition) is 3. The molecule has 0 aliphatic carbocycles. The van der Waals surface area contributed by atoms with Gasteiger partial charge in [0.05, 0.1) is 17.2 Å². The maximum Gasteiger partial charge on any atom is 0.257 e. The number of nitrogens with zero attached hydrogens (tertiary/aromatic N) is 2. The van der Waals surface area contributed by atoms with Crippen LogP contribution in [0.25, 0.3) is 0 Å². The third-order valence-corrected chi connectivity index (χ3v) is 6.41. The molecule has 3 aromatic rings. The molecule has 0 aromatic heterocycles. The van der Waals surface area contributed by atoms with Crippen molar-refractivity contribution >= 4 is 11.8 Å². The number of hydrogen-bond donors (Lipinski definition) is 0. The molecule has 4 rings (SSSR count). The van der Waals surface area contributed by atoms with Gasteiger partial charge in [-0.25, -0.2) is 4.39 Å². The summed E-state index contributed by atoms with van der Waals surface area (Å²) in [6.45, 7) is 3.75.